The normalized spacial score (nSPS) is 21.3. The first-order chi connectivity index (χ1) is 6.74. The van der Waals surface area contributed by atoms with Crippen molar-refractivity contribution in [3.8, 4) is 0 Å². The van der Waals surface area contributed by atoms with E-state index in [1.165, 1.54) is 0 Å². The zero-order chi connectivity index (χ0) is 10.4. The highest BCUT2D eigenvalue weighted by molar-refractivity contribution is 5.80. The molecule has 5 nitrogen and oxygen atoms in total. The van der Waals surface area contributed by atoms with Crippen molar-refractivity contribution in [1.29, 1.82) is 0 Å². The van der Waals surface area contributed by atoms with Crippen molar-refractivity contribution >= 4 is 5.91 Å². The average Bonchev–Trinajstić information content (AvgIpc) is 2.45. The second-order valence-corrected chi connectivity index (χ2v) is 3.35. The van der Waals surface area contributed by atoms with Crippen LogP contribution in [0, 0.1) is 0 Å². The zero-order valence-corrected chi connectivity index (χ0v) is 8.71. The van der Waals surface area contributed by atoms with E-state index in [1.807, 2.05) is 6.92 Å². The van der Waals surface area contributed by atoms with Gasteiger partial charge in [-0.05, 0) is 6.92 Å². The highest BCUT2D eigenvalue weighted by Crippen LogP contribution is 1.96. The number of hydrogen-bond donors (Lipinski definition) is 2. The highest BCUT2D eigenvalue weighted by Gasteiger charge is 2.18. The summed E-state index contributed by atoms with van der Waals surface area (Å²) in [5.74, 6) is -0.0192. The first kappa shape index (κ1) is 11.4. The Bertz CT molecular complexity index is 179. The Balaban J connectivity index is 2.30. The summed E-state index contributed by atoms with van der Waals surface area (Å²) >= 11 is 0. The molecule has 1 aliphatic rings. The Morgan fingerprint density at radius 2 is 1.93 bits per heavy atom. The predicted octanol–water partition coefficient (Wildman–Crippen LogP) is -0.874. The molecule has 1 rings (SSSR count). The maximum Gasteiger partial charge on any atom is 0.236 e. The molecule has 0 spiro atoms. The van der Waals surface area contributed by atoms with Crippen LogP contribution in [-0.2, 0) is 14.3 Å². The van der Waals surface area contributed by atoms with Crippen molar-refractivity contribution < 1.29 is 14.3 Å². The molecule has 0 aromatic rings. The molecule has 0 saturated carbocycles. The van der Waals surface area contributed by atoms with Gasteiger partial charge in [-0.2, -0.15) is 0 Å². The number of carbonyl (C=O) groups excluding carboxylic acids is 1. The summed E-state index contributed by atoms with van der Waals surface area (Å²) in [6.45, 7) is 4.28. The maximum atomic E-state index is 11.2. The summed E-state index contributed by atoms with van der Waals surface area (Å²) in [4.78, 5) is 11.2. The minimum absolute atomic E-state index is 0.0192. The molecular formula is C9H18N2O3. The average molecular weight is 202 g/mol. The third-order valence-corrected chi connectivity index (χ3v) is 2.14. The first-order valence-electron chi connectivity index (χ1n) is 4.87. The minimum Gasteiger partial charge on any atom is -0.377 e. The van der Waals surface area contributed by atoms with Gasteiger partial charge in [0.25, 0.3) is 0 Å². The number of rotatable bonds is 3. The predicted molar refractivity (Wildman–Crippen MR) is 52.1 cm³/mol. The van der Waals surface area contributed by atoms with E-state index in [4.69, 9.17) is 9.47 Å². The zero-order valence-electron chi connectivity index (χ0n) is 8.71. The van der Waals surface area contributed by atoms with Crippen molar-refractivity contribution in [3.63, 3.8) is 0 Å². The fourth-order valence-corrected chi connectivity index (χ4v) is 1.36. The minimum atomic E-state index is -0.213. The molecule has 1 unspecified atom stereocenters. The van der Waals surface area contributed by atoms with Crippen LogP contribution < -0.4 is 10.6 Å². The number of hydrogen-bond acceptors (Lipinski definition) is 4. The number of carbonyl (C=O) groups is 1. The van der Waals surface area contributed by atoms with E-state index >= 15 is 0 Å². The lowest BCUT2D eigenvalue weighted by atomic mass is 10.2. The van der Waals surface area contributed by atoms with E-state index in [0.717, 1.165) is 0 Å². The van der Waals surface area contributed by atoms with Crippen LogP contribution in [0.15, 0.2) is 0 Å². The summed E-state index contributed by atoms with van der Waals surface area (Å²) in [6, 6.07) is -0.111. The molecular weight excluding hydrogens is 184 g/mol. The molecule has 14 heavy (non-hydrogen) atoms. The van der Waals surface area contributed by atoms with Crippen LogP contribution in [0.5, 0.6) is 0 Å². The van der Waals surface area contributed by atoms with Crippen LogP contribution in [0.25, 0.3) is 0 Å². The standard InChI is InChI=1S/C9H18N2O3/c1-7(9(12)10-2)11-8-5-13-3-4-14-6-8/h7-8,11H,3-6H2,1-2H3,(H,10,12). The smallest absolute Gasteiger partial charge is 0.236 e. The molecule has 0 radical (unpaired) electrons. The highest BCUT2D eigenvalue weighted by atomic mass is 16.5. The van der Waals surface area contributed by atoms with Crippen molar-refractivity contribution in [3.05, 3.63) is 0 Å². The second-order valence-electron chi connectivity index (χ2n) is 3.35. The molecule has 1 amide bonds. The van der Waals surface area contributed by atoms with Crippen LogP contribution in [0.3, 0.4) is 0 Å². The van der Waals surface area contributed by atoms with Gasteiger partial charge in [0, 0.05) is 7.05 Å². The largest absolute Gasteiger partial charge is 0.377 e. The van der Waals surface area contributed by atoms with Gasteiger partial charge in [-0.3, -0.25) is 10.1 Å². The summed E-state index contributed by atoms with van der Waals surface area (Å²) in [7, 11) is 1.63. The van der Waals surface area contributed by atoms with Gasteiger partial charge >= 0.3 is 0 Å². The van der Waals surface area contributed by atoms with Gasteiger partial charge in [-0.25, -0.2) is 0 Å². The molecule has 1 atom stereocenters. The Hall–Kier alpha value is -0.650. The van der Waals surface area contributed by atoms with Crippen molar-refractivity contribution in [1.82, 2.24) is 10.6 Å². The molecule has 1 saturated heterocycles. The van der Waals surface area contributed by atoms with Gasteiger partial charge in [-0.15, -0.1) is 0 Å². The molecule has 1 heterocycles. The van der Waals surface area contributed by atoms with E-state index in [0.29, 0.717) is 26.4 Å². The van der Waals surface area contributed by atoms with E-state index < -0.39 is 0 Å². The molecule has 1 fully saturated rings. The molecule has 0 aromatic carbocycles. The Morgan fingerprint density at radius 1 is 1.36 bits per heavy atom. The van der Waals surface area contributed by atoms with Crippen LogP contribution in [0.2, 0.25) is 0 Å². The quantitative estimate of drug-likeness (QED) is 0.624. The number of nitrogens with one attached hydrogen (secondary N) is 2. The third-order valence-electron chi connectivity index (χ3n) is 2.14. The SMILES string of the molecule is CNC(=O)C(C)NC1COCCOC1. The van der Waals surface area contributed by atoms with Crippen LogP contribution >= 0.6 is 0 Å². The molecule has 0 bridgehead atoms. The molecule has 82 valence electrons. The summed E-state index contributed by atoms with van der Waals surface area (Å²) < 4.78 is 10.6. The van der Waals surface area contributed by atoms with Crippen LogP contribution in [0.4, 0.5) is 0 Å². The first-order valence-corrected chi connectivity index (χ1v) is 4.87. The number of ether oxygens (including phenoxy) is 2. The van der Waals surface area contributed by atoms with Gasteiger partial charge in [-0.1, -0.05) is 0 Å². The van der Waals surface area contributed by atoms with E-state index in [2.05, 4.69) is 10.6 Å². The topological polar surface area (TPSA) is 59.6 Å². The number of amides is 1. The van der Waals surface area contributed by atoms with Gasteiger partial charge < -0.3 is 14.8 Å². The van der Waals surface area contributed by atoms with E-state index in [9.17, 15) is 4.79 Å². The molecule has 5 heteroatoms. The van der Waals surface area contributed by atoms with E-state index in [1.54, 1.807) is 7.05 Å². The molecule has 2 N–H and O–H groups in total. The lowest BCUT2D eigenvalue weighted by molar-refractivity contribution is -0.122. The third kappa shape index (κ3) is 3.61. The second kappa shape index (κ2) is 5.95. The molecule has 1 aliphatic heterocycles. The van der Waals surface area contributed by atoms with Gasteiger partial charge in [0.15, 0.2) is 0 Å². The molecule has 0 aliphatic carbocycles. The van der Waals surface area contributed by atoms with Gasteiger partial charge in [0.05, 0.1) is 38.5 Å². The van der Waals surface area contributed by atoms with Crippen molar-refractivity contribution in [2.24, 2.45) is 0 Å². The van der Waals surface area contributed by atoms with Crippen molar-refractivity contribution in [2.75, 3.05) is 33.5 Å². The van der Waals surface area contributed by atoms with Gasteiger partial charge in [0.1, 0.15) is 0 Å². The van der Waals surface area contributed by atoms with Gasteiger partial charge in [0.2, 0.25) is 5.91 Å². The van der Waals surface area contributed by atoms with Crippen LogP contribution in [0.1, 0.15) is 6.92 Å². The lowest BCUT2D eigenvalue weighted by Crippen LogP contribution is -2.48. The summed E-state index contributed by atoms with van der Waals surface area (Å²) in [6.07, 6.45) is 0. The number of likely N-dealkylation sites (N-methyl/N-ethyl adjacent to an activating group) is 1. The Kier molecular flexibility index (Phi) is 4.86. The maximum absolute atomic E-state index is 11.2. The monoisotopic (exact) mass is 202 g/mol. The fraction of sp³-hybridized carbons (Fsp3) is 0.889. The Morgan fingerprint density at radius 3 is 2.43 bits per heavy atom. The van der Waals surface area contributed by atoms with Crippen LogP contribution in [-0.4, -0.2) is 51.5 Å². The van der Waals surface area contributed by atoms with Crippen molar-refractivity contribution in [2.45, 2.75) is 19.0 Å². The summed E-state index contributed by atoms with van der Waals surface area (Å²) in [5.41, 5.74) is 0. The fourth-order valence-electron chi connectivity index (χ4n) is 1.36. The molecule has 0 aromatic heterocycles. The Labute approximate surface area is 84.1 Å². The van der Waals surface area contributed by atoms with E-state index in [-0.39, 0.29) is 18.0 Å². The lowest BCUT2D eigenvalue weighted by Gasteiger charge is -2.19. The summed E-state index contributed by atoms with van der Waals surface area (Å²) in [5, 5.41) is 5.73.